The summed E-state index contributed by atoms with van der Waals surface area (Å²) >= 11 is 0. The fraction of sp³-hybridized carbons (Fsp3) is 0.556. The topological polar surface area (TPSA) is 72.9 Å². The Morgan fingerprint density at radius 1 is 1.28 bits per heavy atom. The van der Waals surface area contributed by atoms with E-state index in [4.69, 9.17) is 0 Å². The summed E-state index contributed by atoms with van der Waals surface area (Å²) in [4.78, 5) is 28.5. The Balaban J connectivity index is 1.65. The molecule has 0 unspecified atom stereocenters. The number of piperazine rings is 1. The number of hydrogen-bond donors (Lipinski definition) is 2. The highest BCUT2D eigenvalue weighted by Crippen LogP contribution is 2.18. The number of rotatable bonds is 4. The van der Waals surface area contributed by atoms with Gasteiger partial charge in [0.1, 0.15) is 5.82 Å². The second kappa shape index (κ2) is 7.93. The van der Waals surface area contributed by atoms with Gasteiger partial charge in [-0.2, -0.15) is 0 Å². The number of halogens is 1. The molecule has 2 heterocycles. The molecular weight excluding hydrogens is 325 g/mol. The van der Waals surface area contributed by atoms with E-state index in [1.807, 2.05) is 11.0 Å². The van der Waals surface area contributed by atoms with Crippen molar-refractivity contribution in [2.45, 2.75) is 38.0 Å². The molecular formula is C18H24FN3O3. The SMILES string of the molecule is O=C1NCCN(Cc2cccc(F)c2)[C@H]1CC(=O)N1CCC(O)CC1. The van der Waals surface area contributed by atoms with Crippen molar-refractivity contribution in [1.29, 1.82) is 0 Å². The van der Waals surface area contributed by atoms with Gasteiger partial charge in [-0.1, -0.05) is 12.1 Å². The lowest BCUT2D eigenvalue weighted by molar-refractivity contribution is -0.140. The second-order valence-electron chi connectivity index (χ2n) is 6.72. The molecule has 1 atom stereocenters. The van der Waals surface area contributed by atoms with Crippen LogP contribution in [0.25, 0.3) is 0 Å². The summed E-state index contributed by atoms with van der Waals surface area (Å²) < 4.78 is 13.4. The molecule has 0 spiro atoms. The van der Waals surface area contributed by atoms with Crippen molar-refractivity contribution in [1.82, 2.24) is 15.1 Å². The highest BCUT2D eigenvalue weighted by molar-refractivity contribution is 5.88. The molecule has 1 aromatic rings. The van der Waals surface area contributed by atoms with Crippen molar-refractivity contribution in [3.8, 4) is 0 Å². The van der Waals surface area contributed by atoms with Crippen LogP contribution in [0.1, 0.15) is 24.8 Å². The van der Waals surface area contributed by atoms with Crippen molar-refractivity contribution < 1.29 is 19.1 Å². The molecule has 25 heavy (non-hydrogen) atoms. The monoisotopic (exact) mass is 349 g/mol. The van der Waals surface area contributed by atoms with Gasteiger partial charge >= 0.3 is 0 Å². The predicted molar refractivity (Wildman–Crippen MR) is 90.0 cm³/mol. The van der Waals surface area contributed by atoms with Crippen LogP contribution in [0.2, 0.25) is 0 Å². The molecule has 0 saturated carbocycles. The molecule has 2 amide bonds. The van der Waals surface area contributed by atoms with E-state index in [9.17, 15) is 19.1 Å². The average Bonchev–Trinajstić information content (AvgIpc) is 2.58. The van der Waals surface area contributed by atoms with Crippen LogP contribution >= 0.6 is 0 Å². The predicted octanol–water partition coefficient (Wildman–Crippen LogP) is 0.499. The van der Waals surface area contributed by atoms with Crippen molar-refractivity contribution in [2.75, 3.05) is 26.2 Å². The molecule has 7 heteroatoms. The minimum absolute atomic E-state index is 0.0711. The van der Waals surface area contributed by atoms with Crippen LogP contribution in [0, 0.1) is 5.82 Å². The molecule has 6 nitrogen and oxygen atoms in total. The normalized spacial score (nSPS) is 22.7. The third-order valence-electron chi connectivity index (χ3n) is 4.90. The summed E-state index contributed by atoms with van der Waals surface area (Å²) in [5.74, 6) is -0.537. The summed E-state index contributed by atoms with van der Waals surface area (Å²) in [5, 5.41) is 12.4. The van der Waals surface area contributed by atoms with Gasteiger partial charge in [0.15, 0.2) is 0 Å². The third kappa shape index (κ3) is 4.55. The Labute approximate surface area is 146 Å². The Bertz CT molecular complexity index is 632. The van der Waals surface area contributed by atoms with Crippen LogP contribution in [0.15, 0.2) is 24.3 Å². The number of aliphatic hydroxyl groups is 1. The lowest BCUT2D eigenvalue weighted by Crippen LogP contribution is -2.56. The van der Waals surface area contributed by atoms with Crippen LogP contribution in [-0.2, 0) is 16.1 Å². The zero-order valence-corrected chi connectivity index (χ0v) is 14.2. The summed E-state index contributed by atoms with van der Waals surface area (Å²) in [7, 11) is 0. The lowest BCUT2D eigenvalue weighted by atomic mass is 10.0. The number of benzene rings is 1. The van der Waals surface area contributed by atoms with E-state index in [1.54, 1.807) is 11.0 Å². The number of nitrogens with zero attached hydrogens (tertiary/aromatic N) is 2. The maximum absolute atomic E-state index is 13.4. The van der Waals surface area contributed by atoms with E-state index >= 15 is 0 Å². The second-order valence-corrected chi connectivity index (χ2v) is 6.72. The summed E-state index contributed by atoms with van der Waals surface area (Å²) in [6.45, 7) is 2.63. The number of hydrogen-bond acceptors (Lipinski definition) is 4. The summed E-state index contributed by atoms with van der Waals surface area (Å²) in [6.07, 6.45) is 0.925. The Kier molecular flexibility index (Phi) is 5.65. The van der Waals surface area contributed by atoms with Gasteiger partial charge in [-0.3, -0.25) is 14.5 Å². The lowest BCUT2D eigenvalue weighted by Gasteiger charge is -2.36. The first-order valence-electron chi connectivity index (χ1n) is 8.75. The van der Waals surface area contributed by atoms with Gasteiger partial charge in [-0.05, 0) is 30.5 Å². The van der Waals surface area contributed by atoms with E-state index in [0.29, 0.717) is 45.6 Å². The Morgan fingerprint density at radius 3 is 2.76 bits per heavy atom. The first kappa shape index (κ1) is 17.8. The molecule has 2 N–H and O–H groups in total. The fourth-order valence-electron chi connectivity index (χ4n) is 3.45. The maximum Gasteiger partial charge on any atom is 0.237 e. The smallest absolute Gasteiger partial charge is 0.237 e. The van der Waals surface area contributed by atoms with Crippen LogP contribution < -0.4 is 5.32 Å². The van der Waals surface area contributed by atoms with Gasteiger partial charge in [-0.25, -0.2) is 4.39 Å². The van der Waals surface area contributed by atoms with Crippen molar-refractivity contribution in [2.24, 2.45) is 0 Å². The molecule has 3 rings (SSSR count). The van der Waals surface area contributed by atoms with Crippen molar-refractivity contribution in [3.05, 3.63) is 35.6 Å². The van der Waals surface area contributed by atoms with Gasteiger partial charge in [-0.15, -0.1) is 0 Å². The van der Waals surface area contributed by atoms with E-state index in [-0.39, 0.29) is 30.2 Å². The Morgan fingerprint density at radius 2 is 2.04 bits per heavy atom. The minimum Gasteiger partial charge on any atom is -0.393 e. The van der Waals surface area contributed by atoms with Crippen molar-refractivity contribution in [3.63, 3.8) is 0 Å². The minimum atomic E-state index is -0.545. The molecule has 0 radical (unpaired) electrons. The third-order valence-corrected chi connectivity index (χ3v) is 4.90. The fourth-order valence-corrected chi connectivity index (χ4v) is 3.45. The van der Waals surface area contributed by atoms with Crippen molar-refractivity contribution >= 4 is 11.8 Å². The summed E-state index contributed by atoms with van der Waals surface area (Å²) in [5.41, 5.74) is 0.785. The molecule has 0 aromatic heterocycles. The molecule has 2 saturated heterocycles. The number of carbonyl (C=O) groups excluding carboxylic acids is 2. The van der Waals surface area contributed by atoms with E-state index in [0.717, 1.165) is 5.56 Å². The first-order valence-corrected chi connectivity index (χ1v) is 8.75. The highest BCUT2D eigenvalue weighted by Gasteiger charge is 2.33. The maximum atomic E-state index is 13.4. The number of piperidine rings is 1. The molecule has 136 valence electrons. The molecule has 1 aromatic carbocycles. The molecule has 2 aliphatic rings. The summed E-state index contributed by atoms with van der Waals surface area (Å²) in [6, 6.07) is 5.76. The largest absolute Gasteiger partial charge is 0.393 e. The molecule has 0 aliphatic carbocycles. The van der Waals surface area contributed by atoms with Crippen LogP contribution in [-0.4, -0.2) is 65.0 Å². The first-order chi connectivity index (χ1) is 12.0. The van der Waals surface area contributed by atoms with Gasteiger partial charge < -0.3 is 15.3 Å². The number of aliphatic hydroxyl groups excluding tert-OH is 1. The van der Waals surface area contributed by atoms with E-state index < -0.39 is 6.04 Å². The van der Waals surface area contributed by atoms with Gasteiger partial charge in [0, 0.05) is 32.7 Å². The number of nitrogens with one attached hydrogen (secondary N) is 1. The highest BCUT2D eigenvalue weighted by atomic mass is 19.1. The molecule has 2 aliphatic heterocycles. The quantitative estimate of drug-likeness (QED) is 0.830. The molecule has 2 fully saturated rings. The van der Waals surface area contributed by atoms with Crippen LogP contribution in [0.5, 0.6) is 0 Å². The zero-order valence-electron chi connectivity index (χ0n) is 14.2. The van der Waals surface area contributed by atoms with Gasteiger partial charge in [0.05, 0.1) is 18.6 Å². The number of carbonyl (C=O) groups is 2. The zero-order chi connectivity index (χ0) is 17.8. The number of amides is 2. The van der Waals surface area contributed by atoms with E-state index in [1.165, 1.54) is 12.1 Å². The van der Waals surface area contributed by atoms with Gasteiger partial charge in [0.25, 0.3) is 0 Å². The van der Waals surface area contributed by atoms with E-state index in [2.05, 4.69) is 5.32 Å². The van der Waals surface area contributed by atoms with Gasteiger partial charge in [0.2, 0.25) is 11.8 Å². The Hall–Kier alpha value is -1.99. The number of likely N-dealkylation sites (tertiary alicyclic amines) is 1. The van der Waals surface area contributed by atoms with Crippen LogP contribution in [0.4, 0.5) is 4.39 Å². The molecule has 0 bridgehead atoms. The van der Waals surface area contributed by atoms with Crippen LogP contribution in [0.3, 0.4) is 0 Å². The average molecular weight is 349 g/mol. The standard InChI is InChI=1S/C18H24FN3O3/c19-14-3-1-2-13(10-14)12-22-9-6-20-18(25)16(22)11-17(24)21-7-4-15(23)5-8-21/h1-3,10,15-16,23H,4-9,11-12H2,(H,20,25)/t16-/m0/s1.